The molecule has 1 aromatic heterocycles. The van der Waals surface area contributed by atoms with Gasteiger partial charge in [-0.1, -0.05) is 0 Å². The van der Waals surface area contributed by atoms with E-state index in [1.807, 2.05) is 24.7 Å². The molecule has 76 valence electrons. The molecule has 0 bridgehead atoms. The molecule has 0 fully saturated rings. The van der Waals surface area contributed by atoms with Crippen molar-refractivity contribution in [2.75, 3.05) is 0 Å². The van der Waals surface area contributed by atoms with Gasteiger partial charge in [0.1, 0.15) is 0 Å². The smallest absolute Gasteiger partial charge is 0.274 e. The summed E-state index contributed by atoms with van der Waals surface area (Å²) in [6, 6.07) is 7.21. The van der Waals surface area contributed by atoms with E-state index in [1.165, 1.54) is 0 Å². The number of nitrogens with zero attached hydrogens (tertiary/aromatic N) is 3. The minimum Gasteiger partial charge on any atom is -0.285 e. The Bertz CT molecular complexity index is 613. The fraction of sp³-hybridized carbons (Fsp3) is 0.273. The highest BCUT2D eigenvalue weighted by atomic mass is 16.1. The van der Waals surface area contributed by atoms with Crippen LogP contribution in [0.5, 0.6) is 0 Å². The lowest BCUT2D eigenvalue weighted by Gasteiger charge is -2.02. The average Bonchev–Trinajstić information content (AvgIpc) is 2.51. The van der Waals surface area contributed by atoms with E-state index in [1.54, 1.807) is 22.9 Å². The third-order valence-electron chi connectivity index (χ3n) is 2.60. The molecule has 2 aromatic rings. The van der Waals surface area contributed by atoms with Crippen LogP contribution in [-0.4, -0.2) is 9.36 Å². The van der Waals surface area contributed by atoms with Gasteiger partial charge in [-0.2, -0.15) is 5.26 Å². The molecule has 0 spiro atoms. The number of hydrogen-bond acceptors (Lipinski definition) is 2. The summed E-state index contributed by atoms with van der Waals surface area (Å²) in [4.78, 5) is 11.9. The van der Waals surface area contributed by atoms with Gasteiger partial charge in [0.15, 0.2) is 0 Å². The fourth-order valence-electron chi connectivity index (χ4n) is 1.82. The van der Waals surface area contributed by atoms with Gasteiger partial charge in [-0.15, -0.1) is 0 Å². The number of hydrogen-bond donors (Lipinski definition) is 0. The van der Waals surface area contributed by atoms with Gasteiger partial charge in [0.25, 0.3) is 5.56 Å². The van der Waals surface area contributed by atoms with Gasteiger partial charge >= 0.3 is 0 Å². The average molecular weight is 201 g/mol. The van der Waals surface area contributed by atoms with Gasteiger partial charge < -0.3 is 0 Å². The lowest BCUT2D eigenvalue weighted by atomic mass is 10.2. The van der Waals surface area contributed by atoms with E-state index < -0.39 is 0 Å². The predicted octanol–water partition coefficient (Wildman–Crippen LogP) is 1.23. The van der Waals surface area contributed by atoms with E-state index in [4.69, 9.17) is 5.26 Å². The molecular formula is C11H11N3O. The zero-order chi connectivity index (χ0) is 11.0. The van der Waals surface area contributed by atoms with Crippen LogP contribution in [0.1, 0.15) is 12.5 Å². The monoisotopic (exact) mass is 201 g/mol. The summed E-state index contributed by atoms with van der Waals surface area (Å²) in [6.45, 7) is 2.55. The van der Waals surface area contributed by atoms with Crippen LogP contribution in [0.25, 0.3) is 10.9 Å². The highest BCUT2D eigenvalue weighted by molar-refractivity contribution is 5.80. The Morgan fingerprint density at radius 1 is 1.47 bits per heavy atom. The van der Waals surface area contributed by atoms with E-state index in [0.29, 0.717) is 17.5 Å². The van der Waals surface area contributed by atoms with Gasteiger partial charge in [-0.05, 0) is 25.1 Å². The second kappa shape index (κ2) is 3.28. The van der Waals surface area contributed by atoms with Crippen LogP contribution in [0.2, 0.25) is 0 Å². The normalized spacial score (nSPS) is 10.5. The summed E-state index contributed by atoms with van der Waals surface area (Å²) in [5, 5.41) is 9.37. The quantitative estimate of drug-likeness (QED) is 0.696. The van der Waals surface area contributed by atoms with Crippen molar-refractivity contribution in [1.82, 2.24) is 9.36 Å². The molecule has 0 amide bonds. The van der Waals surface area contributed by atoms with E-state index in [2.05, 4.69) is 0 Å². The fourth-order valence-corrected chi connectivity index (χ4v) is 1.82. The Hall–Kier alpha value is -2.02. The largest absolute Gasteiger partial charge is 0.285 e. The maximum absolute atomic E-state index is 11.9. The van der Waals surface area contributed by atoms with Crippen LogP contribution >= 0.6 is 0 Å². The number of aryl methyl sites for hydroxylation is 1. The Balaban J connectivity index is 2.91. The molecule has 1 heterocycles. The first kappa shape index (κ1) is 9.53. The number of benzene rings is 1. The second-order valence-corrected chi connectivity index (χ2v) is 3.39. The van der Waals surface area contributed by atoms with Crippen LogP contribution in [-0.2, 0) is 13.6 Å². The molecule has 4 heteroatoms. The predicted molar refractivity (Wildman–Crippen MR) is 57.6 cm³/mol. The first-order valence-corrected chi connectivity index (χ1v) is 4.78. The zero-order valence-corrected chi connectivity index (χ0v) is 8.69. The molecule has 0 atom stereocenters. The molecule has 4 nitrogen and oxygen atoms in total. The van der Waals surface area contributed by atoms with Crippen molar-refractivity contribution in [1.29, 1.82) is 5.26 Å². The molecule has 0 N–H and O–H groups in total. The van der Waals surface area contributed by atoms with Gasteiger partial charge in [0.2, 0.25) is 0 Å². The number of fused-ring (bicyclic) bond motifs is 1. The highest BCUT2D eigenvalue weighted by Gasteiger charge is 2.09. The molecule has 0 aliphatic heterocycles. The summed E-state index contributed by atoms with van der Waals surface area (Å²) >= 11 is 0. The van der Waals surface area contributed by atoms with Crippen LogP contribution in [0.3, 0.4) is 0 Å². The maximum Gasteiger partial charge on any atom is 0.274 e. The van der Waals surface area contributed by atoms with Gasteiger partial charge in [-0.3, -0.25) is 14.2 Å². The van der Waals surface area contributed by atoms with E-state index >= 15 is 0 Å². The van der Waals surface area contributed by atoms with Gasteiger partial charge in [0.05, 0.1) is 22.5 Å². The minimum absolute atomic E-state index is 0.0351. The lowest BCUT2D eigenvalue weighted by Crippen LogP contribution is -2.19. The molecule has 0 saturated heterocycles. The van der Waals surface area contributed by atoms with Crippen molar-refractivity contribution in [3.8, 4) is 6.07 Å². The van der Waals surface area contributed by atoms with Crippen molar-refractivity contribution in [3.63, 3.8) is 0 Å². The summed E-state index contributed by atoms with van der Waals surface area (Å²) in [6.07, 6.45) is 0. The van der Waals surface area contributed by atoms with E-state index in [9.17, 15) is 4.79 Å². The Labute approximate surface area is 86.9 Å². The molecule has 1 aromatic carbocycles. The van der Waals surface area contributed by atoms with E-state index in [0.717, 1.165) is 5.52 Å². The van der Waals surface area contributed by atoms with Crippen molar-refractivity contribution >= 4 is 10.9 Å². The summed E-state index contributed by atoms with van der Waals surface area (Å²) in [7, 11) is 1.85. The maximum atomic E-state index is 11.9. The summed E-state index contributed by atoms with van der Waals surface area (Å²) < 4.78 is 3.46. The summed E-state index contributed by atoms with van der Waals surface area (Å²) in [5.74, 6) is 0. The topological polar surface area (TPSA) is 50.7 Å². The SMILES string of the molecule is CCn1c(=O)c2cc(C#N)ccc2n1C. The second-order valence-electron chi connectivity index (χ2n) is 3.39. The third kappa shape index (κ3) is 1.24. The van der Waals surface area contributed by atoms with Gasteiger partial charge in [-0.25, -0.2) is 0 Å². The minimum atomic E-state index is -0.0351. The Kier molecular flexibility index (Phi) is 2.09. The highest BCUT2D eigenvalue weighted by Crippen LogP contribution is 2.12. The molecule has 15 heavy (non-hydrogen) atoms. The third-order valence-corrected chi connectivity index (χ3v) is 2.60. The number of aromatic nitrogens is 2. The molecule has 0 unspecified atom stereocenters. The molecule has 0 aliphatic carbocycles. The molecule has 0 saturated carbocycles. The van der Waals surface area contributed by atoms with Crippen molar-refractivity contribution in [2.45, 2.75) is 13.5 Å². The molecule has 0 radical (unpaired) electrons. The molecule has 2 rings (SSSR count). The van der Waals surface area contributed by atoms with Crippen molar-refractivity contribution in [2.24, 2.45) is 7.05 Å². The van der Waals surface area contributed by atoms with Crippen LogP contribution in [0.15, 0.2) is 23.0 Å². The molecule has 0 aliphatic rings. The first-order chi connectivity index (χ1) is 7.19. The Morgan fingerprint density at radius 2 is 2.20 bits per heavy atom. The molecular weight excluding hydrogens is 190 g/mol. The zero-order valence-electron chi connectivity index (χ0n) is 8.69. The van der Waals surface area contributed by atoms with E-state index in [-0.39, 0.29) is 5.56 Å². The lowest BCUT2D eigenvalue weighted by molar-refractivity contribution is 0.532. The standard InChI is InChI=1S/C11H11N3O/c1-3-14-11(15)9-6-8(7-12)4-5-10(9)13(14)2/h4-6H,3H2,1-2H3. The number of rotatable bonds is 1. The van der Waals surface area contributed by atoms with Crippen molar-refractivity contribution < 1.29 is 0 Å². The van der Waals surface area contributed by atoms with Gasteiger partial charge in [0, 0.05) is 13.6 Å². The Morgan fingerprint density at radius 3 is 2.80 bits per heavy atom. The first-order valence-electron chi connectivity index (χ1n) is 4.78. The van der Waals surface area contributed by atoms with Crippen LogP contribution in [0.4, 0.5) is 0 Å². The van der Waals surface area contributed by atoms with Crippen molar-refractivity contribution in [3.05, 3.63) is 34.1 Å². The number of nitriles is 1. The van der Waals surface area contributed by atoms with Crippen LogP contribution < -0.4 is 5.56 Å². The van der Waals surface area contributed by atoms with Crippen LogP contribution in [0, 0.1) is 11.3 Å². The summed E-state index contributed by atoms with van der Waals surface area (Å²) in [5.41, 5.74) is 1.35.